The molecule has 0 bridgehead atoms. The average molecular weight is 211 g/mol. The van der Waals surface area contributed by atoms with Gasteiger partial charge in [-0.25, -0.2) is 0 Å². The van der Waals surface area contributed by atoms with Gasteiger partial charge < -0.3 is 10.2 Å². The maximum absolute atomic E-state index is 10.6. The summed E-state index contributed by atoms with van der Waals surface area (Å²) < 4.78 is 0. The van der Waals surface area contributed by atoms with Gasteiger partial charge in [0.1, 0.15) is 11.3 Å². The number of carbonyl (C=O) groups is 1. The second kappa shape index (κ2) is 3.56. The van der Waals surface area contributed by atoms with Crippen LogP contribution in [0.15, 0.2) is 0 Å². The van der Waals surface area contributed by atoms with Crippen LogP contribution in [0, 0.1) is 24.0 Å². The summed E-state index contributed by atoms with van der Waals surface area (Å²) in [6.45, 7) is 2.88. The van der Waals surface area contributed by atoms with Crippen LogP contribution in [0.2, 0.25) is 0 Å². The molecule has 0 atom stereocenters. The fourth-order valence-corrected chi connectivity index (χ4v) is 1.27. The molecule has 1 aromatic rings. The lowest BCUT2D eigenvalue weighted by Gasteiger charge is -2.08. The van der Waals surface area contributed by atoms with Gasteiger partial charge in [0.15, 0.2) is 12.0 Å². The van der Waals surface area contributed by atoms with Crippen molar-refractivity contribution < 1.29 is 19.9 Å². The molecule has 0 saturated carbocycles. The van der Waals surface area contributed by atoms with Crippen LogP contribution in [-0.2, 0) is 0 Å². The Kier molecular flexibility index (Phi) is 2.61. The molecule has 0 radical (unpaired) electrons. The summed E-state index contributed by atoms with van der Waals surface area (Å²) in [4.78, 5) is 20.3. The van der Waals surface area contributed by atoms with Gasteiger partial charge in [0.2, 0.25) is 0 Å². The minimum Gasteiger partial charge on any atom is -0.507 e. The van der Waals surface area contributed by atoms with Gasteiger partial charge in [-0.1, -0.05) is 0 Å². The summed E-state index contributed by atoms with van der Waals surface area (Å²) in [7, 11) is 0. The molecule has 0 spiro atoms. The molecule has 15 heavy (non-hydrogen) atoms. The third-order valence-electron chi connectivity index (χ3n) is 2.31. The van der Waals surface area contributed by atoms with Crippen molar-refractivity contribution in [2.75, 3.05) is 0 Å². The summed E-state index contributed by atoms with van der Waals surface area (Å²) in [5, 5.41) is 29.6. The highest BCUT2D eigenvalue weighted by Gasteiger charge is 2.27. The lowest BCUT2D eigenvalue weighted by Crippen LogP contribution is -1.99. The van der Waals surface area contributed by atoms with Crippen LogP contribution in [0.3, 0.4) is 0 Å². The number of nitro benzene ring substituents is 1. The molecule has 1 aromatic carbocycles. The van der Waals surface area contributed by atoms with Crippen LogP contribution < -0.4 is 0 Å². The molecule has 0 fully saturated rings. The van der Waals surface area contributed by atoms with Crippen molar-refractivity contribution in [3.8, 4) is 11.5 Å². The van der Waals surface area contributed by atoms with Crippen LogP contribution in [0.1, 0.15) is 21.5 Å². The number of phenols is 2. The number of rotatable bonds is 2. The summed E-state index contributed by atoms with van der Waals surface area (Å²) in [5.41, 5.74) is -0.823. The Balaban J connectivity index is 3.78. The summed E-state index contributed by atoms with van der Waals surface area (Å²) >= 11 is 0. The van der Waals surface area contributed by atoms with Crippen LogP contribution in [0.25, 0.3) is 0 Å². The Morgan fingerprint density at radius 1 is 1.20 bits per heavy atom. The lowest BCUT2D eigenvalue weighted by atomic mass is 10.0. The van der Waals surface area contributed by atoms with E-state index < -0.39 is 27.7 Å². The summed E-state index contributed by atoms with van der Waals surface area (Å²) in [5.74, 6) is -1.05. The summed E-state index contributed by atoms with van der Waals surface area (Å²) in [6.07, 6.45) is 0.152. The van der Waals surface area contributed by atoms with E-state index in [1.54, 1.807) is 0 Å². The van der Waals surface area contributed by atoms with Crippen molar-refractivity contribution in [1.29, 1.82) is 0 Å². The first-order valence-corrected chi connectivity index (χ1v) is 4.06. The number of nitrogens with zero attached hydrogens (tertiary/aromatic N) is 1. The molecule has 6 heteroatoms. The minimum absolute atomic E-state index is 0.152. The monoisotopic (exact) mass is 211 g/mol. The largest absolute Gasteiger partial charge is 0.507 e. The van der Waals surface area contributed by atoms with Crippen molar-refractivity contribution in [2.24, 2.45) is 0 Å². The number of nitro groups is 1. The van der Waals surface area contributed by atoms with Gasteiger partial charge in [0.05, 0.1) is 4.92 Å². The van der Waals surface area contributed by atoms with E-state index >= 15 is 0 Å². The third kappa shape index (κ3) is 1.50. The number of hydrogen-bond donors (Lipinski definition) is 2. The van der Waals surface area contributed by atoms with Crippen molar-refractivity contribution >= 4 is 12.0 Å². The third-order valence-corrected chi connectivity index (χ3v) is 2.31. The second-order valence-electron chi connectivity index (χ2n) is 3.08. The van der Waals surface area contributed by atoms with Gasteiger partial charge in [-0.15, -0.1) is 0 Å². The first kappa shape index (κ1) is 11.0. The fourth-order valence-electron chi connectivity index (χ4n) is 1.27. The van der Waals surface area contributed by atoms with E-state index in [9.17, 15) is 25.1 Å². The number of benzene rings is 1. The molecule has 0 heterocycles. The first-order chi connectivity index (χ1) is 6.91. The Bertz CT molecular complexity index is 453. The molecular formula is C9H9NO5. The predicted molar refractivity (Wildman–Crippen MR) is 51.3 cm³/mol. The molecule has 0 aromatic heterocycles. The molecule has 0 aliphatic carbocycles. The average Bonchev–Trinajstić information content (AvgIpc) is 2.19. The van der Waals surface area contributed by atoms with Crippen molar-refractivity contribution in [2.45, 2.75) is 13.8 Å². The van der Waals surface area contributed by atoms with Crippen LogP contribution >= 0.6 is 0 Å². The van der Waals surface area contributed by atoms with E-state index in [1.807, 2.05) is 0 Å². The van der Waals surface area contributed by atoms with Gasteiger partial charge in [-0.3, -0.25) is 14.9 Å². The maximum atomic E-state index is 10.6. The second-order valence-corrected chi connectivity index (χ2v) is 3.08. The van der Waals surface area contributed by atoms with E-state index in [4.69, 9.17) is 0 Å². The predicted octanol–water partition coefficient (Wildman–Crippen LogP) is 1.44. The molecule has 2 N–H and O–H groups in total. The maximum Gasteiger partial charge on any atom is 0.325 e. The quantitative estimate of drug-likeness (QED) is 0.333. The van der Waals surface area contributed by atoms with E-state index in [2.05, 4.69) is 0 Å². The van der Waals surface area contributed by atoms with Crippen LogP contribution in [-0.4, -0.2) is 21.4 Å². The van der Waals surface area contributed by atoms with Crippen molar-refractivity contribution in [3.63, 3.8) is 0 Å². The Morgan fingerprint density at radius 2 is 1.67 bits per heavy atom. The van der Waals surface area contributed by atoms with Gasteiger partial charge in [0, 0.05) is 5.56 Å². The number of hydrogen-bond acceptors (Lipinski definition) is 5. The SMILES string of the molecule is Cc1c(C)c(O)c([N+](=O)[O-])c(C=O)c1O. The zero-order valence-electron chi connectivity index (χ0n) is 8.14. The molecule has 0 aliphatic rings. The fraction of sp³-hybridized carbons (Fsp3) is 0.222. The molecule has 80 valence electrons. The van der Waals surface area contributed by atoms with Crippen molar-refractivity contribution in [1.82, 2.24) is 0 Å². The molecule has 1 rings (SSSR count). The van der Waals surface area contributed by atoms with E-state index in [0.29, 0.717) is 0 Å². The standard InChI is InChI=1S/C9H9NO5/c1-4-5(2)9(13)7(10(14)15)6(3-11)8(4)12/h3,12-13H,1-2H3. The number of aldehydes is 1. The van der Waals surface area contributed by atoms with Crippen LogP contribution in [0.5, 0.6) is 11.5 Å². The molecule has 0 amide bonds. The highest BCUT2D eigenvalue weighted by Crippen LogP contribution is 2.40. The molecule has 6 nitrogen and oxygen atoms in total. The van der Waals surface area contributed by atoms with E-state index in [1.165, 1.54) is 13.8 Å². The van der Waals surface area contributed by atoms with Gasteiger partial charge >= 0.3 is 5.69 Å². The zero-order chi connectivity index (χ0) is 11.7. The zero-order valence-corrected chi connectivity index (χ0v) is 8.14. The topological polar surface area (TPSA) is 101 Å². The van der Waals surface area contributed by atoms with Crippen molar-refractivity contribution in [3.05, 3.63) is 26.8 Å². The molecular weight excluding hydrogens is 202 g/mol. The van der Waals surface area contributed by atoms with Crippen LogP contribution in [0.4, 0.5) is 5.69 Å². The first-order valence-electron chi connectivity index (χ1n) is 4.06. The normalized spacial score (nSPS) is 10.0. The molecule has 0 unspecified atom stereocenters. The van der Waals surface area contributed by atoms with Gasteiger partial charge in [-0.05, 0) is 19.4 Å². The number of aromatic hydroxyl groups is 2. The lowest BCUT2D eigenvalue weighted by molar-refractivity contribution is -0.386. The highest BCUT2D eigenvalue weighted by atomic mass is 16.6. The number of carbonyl (C=O) groups excluding carboxylic acids is 1. The molecule has 0 saturated heterocycles. The molecule has 0 aliphatic heterocycles. The highest BCUT2D eigenvalue weighted by molar-refractivity contribution is 5.89. The Hall–Kier alpha value is -2.11. The smallest absolute Gasteiger partial charge is 0.325 e. The Morgan fingerprint density at radius 3 is 2.07 bits per heavy atom. The minimum atomic E-state index is -0.898. The van der Waals surface area contributed by atoms with E-state index in [0.717, 1.165) is 0 Å². The van der Waals surface area contributed by atoms with Gasteiger partial charge in [0.25, 0.3) is 0 Å². The Labute approximate surface area is 84.9 Å². The van der Waals surface area contributed by atoms with E-state index in [-0.39, 0.29) is 17.4 Å². The van der Waals surface area contributed by atoms with Gasteiger partial charge in [-0.2, -0.15) is 0 Å². The number of phenolic OH excluding ortho intramolecular Hbond substituents is 2. The summed E-state index contributed by atoms with van der Waals surface area (Å²) in [6, 6.07) is 0.